The molecule has 2 aliphatic heterocycles. The molecular formula is C25H32F3N3O4. The molecule has 192 valence electrons. The van der Waals surface area contributed by atoms with Gasteiger partial charge in [0.1, 0.15) is 0 Å². The fourth-order valence-electron chi connectivity index (χ4n) is 5.12. The van der Waals surface area contributed by atoms with Crippen LogP contribution in [0, 0.1) is 5.92 Å². The van der Waals surface area contributed by atoms with Crippen molar-refractivity contribution in [1.82, 2.24) is 14.7 Å². The van der Waals surface area contributed by atoms with Crippen molar-refractivity contribution in [2.75, 3.05) is 32.7 Å². The Balaban J connectivity index is 1.84. The van der Waals surface area contributed by atoms with Crippen molar-refractivity contribution in [2.45, 2.75) is 58.0 Å². The van der Waals surface area contributed by atoms with Crippen molar-refractivity contribution in [3.63, 3.8) is 0 Å². The van der Waals surface area contributed by atoms with Crippen LogP contribution in [-0.2, 0) is 30.8 Å². The summed E-state index contributed by atoms with van der Waals surface area (Å²) in [4.78, 5) is 56.2. The fraction of sp³-hybridized carbons (Fsp3) is 0.600. The van der Waals surface area contributed by atoms with Gasteiger partial charge in [0.15, 0.2) is 0 Å². The third-order valence-electron chi connectivity index (χ3n) is 7.19. The predicted molar refractivity (Wildman–Crippen MR) is 122 cm³/mol. The molecule has 7 nitrogen and oxygen atoms in total. The van der Waals surface area contributed by atoms with Crippen LogP contribution in [0.3, 0.4) is 0 Å². The number of hydrogen-bond acceptors (Lipinski definition) is 4. The second kappa shape index (κ2) is 10.4. The van der Waals surface area contributed by atoms with Crippen molar-refractivity contribution < 1.29 is 32.3 Å². The lowest BCUT2D eigenvalue weighted by molar-refractivity contribution is -0.144. The van der Waals surface area contributed by atoms with E-state index in [1.807, 2.05) is 13.8 Å². The number of rotatable bonds is 7. The Morgan fingerprint density at radius 2 is 1.71 bits per heavy atom. The van der Waals surface area contributed by atoms with Crippen molar-refractivity contribution in [2.24, 2.45) is 5.92 Å². The normalized spacial score (nSPS) is 21.5. The summed E-state index contributed by atoms with van der Waals surface area (Å²) >= 11 is 0. The van der Waals surface area contributed by atoms with E-state index in [2.05, 4.69) is 0 Å². The molecule has 0 saturated carbocycles. The Bertz CT molecular complexity index is 984. The number of nitrogens with zero attached hydrogens (tertiary/aromatic N) is 3. The molecule has 10 heteroatoms. The first-order chi connectivity index (χ1) is 16.5. The molecule has 1 aromatic carbocycles. The van der Waals surface area contributed by atoms with E-state index in [1.165, 1.54) is 12.1 Å². The highest BCUT2D eigenvalue weighted by Gasteiger charge is 2.54. The zero-order valence-electron chi connectivity index (χ0n) is 20.4. The summed E-state index contributed by atoms with van der Waals surface area (Å²) in [5.74, 6) is -1.70. The van der Waals surface area contributed by atoms with Gasteiger partial charge in [-0.15, -0.1) is 0 Å². The number of imide groups is 1. The van der Waals surface area contributed by atoms with Crippen LogP contribution < -0.4 is 0 Å². The molecule has 35 heavy (non-hydrogen) atoms. The zero-order valence-corrected chi connectivity index (χ0v) is 20.4. The lowest BCUT2D eigenvalue weighted by Crippen LogP contribution is -2.47. The zero-order chi connectivity index (χ0) is 26.0. The SMILES string of the molecule is CCN(CC)C(=O)C1CCN(C(=O)C[C@@]2(c3cccc(C(F)(F)F)c3)CC(=O)N(CC)C2=O)CC1. The summed E-state index contributed by atoms with van der Waals surface area (Å²) in [7, 11) is 0. The lowest BCUT2D eigenvalue weighted by Gasteiger charge is -2.36. The van der Waals surface area contributed by atoms with Crippen LogP contribution in [0.25, 0.3) is 0 Å². The van der Waals surface area contributed by atoms with Gasteiger partial charge in [0.2, 0.25) is 23.6 Å². The predicted octanol–water partition coefficient (Wildman–Crippen LogP) is 3.22. The molecule has 2 saturated heterocycles. The summed E-state index contributed by atoms with van der Waals surface area (Å²) in [6, 6.07) is 4.34. The van der Waals surface area contributed by atoms with Crippen LogP contribution in [0.4, 0.5) is 13.2 Å². The molecule has 0 aromatic heterocycles. The van der Waals surface area contributed by atoms with E-state index >= 15 is 0 Å². The topological polar surface area (TPSA) is 78.0 Å². The van der Waals surface area contributed by atoms with Gasteiger partial charge < -0.3 is 9.80 Å². The highest BCUT2D eigenvalue weighted by molar-refractivity contribution is 6.10. The van der Waals surface area contributed by atoms with Gasteiger partial charge in [0.25, 0.3) is 0 Å². The van der Waals surface area contributed by atoms with Crippen LogP contribution in [0.1, 0.15) is 57.6 Å². The molecule has 2 fully saturated rings. The van der Waals surface area contributed by atoms with Gasteiger partial charge in [-0.2, -0.15) is 13.2 Å². The van der Waals surface area contributed by atoms with Crippen molar-refractivity contribution in [1.29, 1.82) is 0 Å². The number of carbonyl (C=O) groups excluding carboxylic acids is 4. The summed E-state index contributed by atoms with van der Waals surface area (Å²) in [5, 5.41) is 0. The van der Waals surface area contributed by atoms with Crippen molar-refractivity contribution >= 4 is 23.6 Å². The highest BCUT2D eigenvalue weighted by atomic mass is 19.4. The first kappa shape index (κ1) is 26.7. The van der Waals surface area contributed by atoms with E-state index in [0.717, 1.165) is 17.0 Å². The minimum absolute atomic E-state index is 0.0153. The minimum atomic E-state index is -4.63. The number of benzene rings is 1. The van der Waals surface area contributed by atoms with Gasteiger partial charge >= 0.3 is 6.18 Å². The number of alkyl halides is 3. The first-order valence-corrected chi connectivity index (χ1v) is 12.1. The Morgan fingerprint density at radius 3 is 2.23 bits per heavy atom. The van der Waals surface area contributed by atoms with Crippen LogP contribution in [0.2, 0.25) is 0 Å². The molecule has 2 heterocycles. The van der Waals surface area contributed by atoms with E-state index in [4.69, 9.17) is 0 Å². The minimum Gasteiger partial charge on any atom is -0.343 e. The smallest absolute Gasteiger partial charge is 0.343 e. The number of halogens is 3. The first-order valence-electron chi connectivity index (χ1n) is 12.1. The van der Waals surface area contributed by atoms with E-state index in [-0.39, 0.29) is 30.4 Å². The average Bonchev–Trinajstić information content (AvgIpc) is 3.08. The molecule has 2 aliphatic rings. The molecule has 0 N–H and O–H groups in total. The summed E-state index contributed by atoms with van der Waals surface area (Å²) in [5.41, 5.74) is -2.60. The largest absolute Gasteiger partial charge is 0.416 e. The van der Waals surface area contributed by atoms with E-state index in [9.17, 15) is 32.3 Å². The molecule has 0 radical (unpaired) electrons. The molecule has 4 amide bonds. The van der Waals surface area contributed by atoms with E-state index in [1.54, 1.807) is 16.7 Å². The molecule has 0 unspecified atom stereocenters. The lowest BCUT2D eigenvalue weighted by atomic mass is 9.75. The van der Waals surface area contributed by atoms with Crippen LogP contribution in [0.5, 0.6) is 0 Å². The van der Waals surface area contributed by atoms with Gasteiger partial charge in [-0.1, -0.05) is 18.2 Å². The van der Waals surface area contributed by atoms with E-state index in [0.29, 0.717) is 39.0 Å². The Hall–Kier alpha value is -2.91. The third kappa shape index (κ3) is 5.21. The summed E-state index contributed by atoms with van der Waals surface area (Å²) in [6.07, 6.45) is -4.43. The van der Waals surface area contributed by atoms with E-state index < -0.39 is 41.3 Å². The third-order valence-corrected chi connectivity index (χ3v) is 7.19. The van der Waals surface area contributed by atoms with Gasteiger partial charge in [-0.05, 0) is 45.2 Å². The average molecular weight is 496 g/mol. The monoisotopic (exact) mass is 495 g/mol. The highest BCUT2D eigenvalue weighted by Crippen LogP contribution is 2.42. The summed E-state index contributed by atoms with van der Waals surface area (Å²) in [6.45, 7) is 7.35. The molecule has 1 atom stereocenters. The number of piperidine rings is 1. The van der Waals surface area contributed by atoms with Crippen molar-refractivity contribution in [3.05, 3.63) is 35.4 Å². The molecule has 0 aliphatic carbocycles. The number of likely N-dealkylation sites (tertiary alicyclic amines) is 2. The van der Waals surface area contributed by atoms with Gasteiger partial charge in [-0.25, -0.2) is 0 Å². The number of amides is 4. The molecule has 3 rings (SSSR count). The van der Waals surface area contributed by atoms with Gasteiger partial charge in [0, 0.05) is 51.5 Å². The summed E-state index contributed by atoms with van der Waals surface area (Å²) < 4.78 is 40.2. The maximum atomic E-state index is 13.4. The second-order valence-corrected chi connectivity index (χ2v) is 9.12. The second-order valence-electron chi connectivity index (χ2n) is 9.12. The number of carbonyl (C=O) groups is 4. The standard InChI is InChI=1S/C25H32F3N3O4/c1-4-29(5-2)22(34)17-10-12-30(13-11-17)20(32)15-24(16-21(33)31(6-3)23(24)35)18-8-7-9-19(14-18)25(26,27)28/h7-9,14,17H,4-6,10-13,15-16H2,1-3H3/t24-/m0/s1. The maximum Gasteiger partial charge on any atom is 0.416 e. The van der Waals surface area contributed by atoms with Crippen LogP contribution in [0.15, 0.2) is 24.3 Å². The quantitative estimate of drug-likeness (QED) is 0.545. The maximum absolute atomic E-state index is 13.4. The van der Waals surface area contributed by atoms with Crippen LogP contribution in [-0.4, -0.2) is 71.1 Å². The molecule has 0 spiro atoms. The Kier molecular flexibility index (Phi) is 7.91. The van der Waals surface area contributed by atoms with Crippen molar-refractivity contribution in [3.8, 4) is 0 Å². The van der Waals surface area contributed by atoms with Gasteiger partial charge in [-0.3, -0.25) is 24.1 Å². The number of likely N-dealkylation sites (N-methyl/N-ethyl adjacent to an activating group) is 1. The molecule has 0 bridgehead atoms. The fourth-order valence-corrected chi connectivity index (χ4v) is 5.12. The number of hydrogen-bond donors (Lipinski definition) is 0. The Morgan fingerprint density at radius 1 is 1.09 bits per heavy atom. The molecule has 1 aromatic rings. The van der Waals surface area contributed by atoms with Gasteiger partial charge in [0.05, 0.1) is 11.0 Å². The molecular weight excluding hydrogens is 463 g/mol. The Labute approximate surface area is 203 Å². The van der Waals surface area contributed by atoms with Crippen LogP contribution >= 0.6 is 0 Å².